The van der Waals surface area contributed by atoms with Crippen LogP contribution in [0, 0.1) is 36.8 Å². The Balaban J connectivity index is 1.73. The lowest BCUT2D eigenvalue weighted by Gasteiger charge is -2.28. The number of aromatic nitrogens is 3. The molecule has 1 aliphatic heterocycles. The lowest BCUT2D eigenvalue weighted by molar-refractivity contribution is 0.259. The Bertz CT molecular complexity index is 1620. The van der Waals surface area contributed by atoms with E-state index < -0.39 is 17.7 Å². The van der Waals surface area contributed by atoms with Crippen LogP contribution in [0.15, 0.2) is 42.6 Å². The average molecular weight is 534 g/mol. The quantitative estimate of drug-likeness (QED) is 0.364. The summed E-state index contributed by atoms with van der Waals surface area (Å²) in [5.41, 5.74) is 9.36. The monoisotopic (exact) mass is 533 g/mol. The maximum atomic E-state index is 15.6. The van der Waals surface area contributed by atoms with Crippen LogP contribution in [0.4, 0.5) is 25.1 Å². The topological polar surface area (TPSA) is 113 Å². The molecular formula is C27H22ClF2N7O. The molecule has 3 heterocycles. The molecule has 0 fully saturated rings. The lowest BCUT2D eigenvalue weighted by Crippen LogP contribution is -2.31. The van der Waals surface area contributed by atoms with Gasteiger partial charge in [-0.3, -0.25) is 0 Å². The molecule has 0 atom stereocenters. The van der Waals surface area contributed by atoms with E-state index in [1.807, 2.05) is 36.9 Å². The van der Waals surface area contributed by atoms with E-state index in [4.69, 9.17) is 22.4 Å². The number of nitrogens with two attached hydrogens (primary N) is 1. The maximum Gasteiger partial charge on any atom is 0.316 e. The van der Waals surface area contributed by atoms with E-state index in [0.717, 1.165) is 34.6 Å². The molecule has 0 unspecified atom stereocenters. The number of anilines is 2. The van der Waals surface area contributed by atoms with Crippen LogP contribution in [0.25, 0.3) is 16.9 Å². The van der Waals surface area contributed by atoms with Gasteiger partial charge in [-0.05, 0) is 37.1 Å². The van der Waals surface area contributed by atoms with E-state index in [-0.39, 0.29) is 17.8 Å². The van der Waals surface area contributed by atoms with Gasteiger partial charge in [-0.2, -0.15) is 10.4 Å². The number of halogens is 3. The fourth-order valence-corrected chi connectivity index (χ4v) is 5.01. The summed E-state index contributed by atoms with van der Waals surface area (Å²) < 4.78 is 32.3. The van der Waals surface area contributed by atoms with E-state index in [2.05, 4.69) is 16.4 Å². The van der Waals surface area contributed by atoms with Crippen molar-refractivity contribution < 1.29 is 13.6 Å². The average Bonchev–Trinajstić information content (AvgIpc) is 3.23. The number of carbonyl (C=O) groups excluding carboxylic acids is 1. The van der Waals surface area contributed by atoms with Gasteiger partial charge in [0.15, 0.2) is 0 Å². The summed E-state index contributed by atoms with van der Waals surface area (Å²) in [5, 5.41) is 16.9. The molecular weight excluding hydrogens is 512 g/mol. The zero-order chi connectivity index (χ0) is 27.1. The minimum atomic E-state index is -1.01. The molecule has 3 N–H and O–H groups in total. The van der Waals surface area contributed by atoms with Gasteiger partial charge in [-0.25, -0.2) is 23.2 Å². The number of fused-ring (bicyclic) bond motifs is 1. The largest absolute Gasteiger partial charge is 0.351 e. The number of urea groups is 1. The summed E-state index contributed by atoms with van der Waals surface area (Å²) >= 11 is 6.04. The maximum absolute atomic E-state index is 15.6. The first-order valence-corrected chi connectivity index (χ1v) is 12.1. The van der Waals surface area contributed by atoms with Crippen molar-refractivity contribution in [2.45, 2.75) is 26.8 Å². The summed E-state index contributed by atoms with van der Waals surface area (Å²) in [6.07, 6.45) is 1.95. The van der Waals surface area contributed by atoms with E-state index >= 15 is 8.78 Å². The number of hydrogen-bond acceptors (Lipinski definition) is 5. The normalized spacial score (nSPS) is 12.7. The van der Waals surface area contributed by atoms with Gasteiger partial charge in [0.25, 0.3) is 0 Å². The zero-order valence-electron chi connectivity index (χ0n) is 20.5. The number of rotatable bonds is 4. The van der Waals surface area contributed by atoms with Gasteiger partial charge in [0, 0.05) is 42.9 Å². The number of nitrogens with one attached hydrogen (secondary N) is 1. The molecule has 0 bridgehead atoms. The SMILES string of the molecule is Cc1cccc(C)c1-n1nc2c(c1-c1cc(F)c(NC(N)=O)cc1F)CN(c1ncc(Cl)cc1C#N)CC2. The zero-order valence-corrected chi connectivity index (χ0v) is 21.3. The second-order valence-corrected chi connectivity index (χ2v) is 9.47. The summed E-state index contributed by atoms with van der Waals surface area (Å²) in [5.74, 6) is -1.16. The number of para-hydroxylation sites is 1. The molecule has 8 nitrogen and oxygen atoms in total. The molecule has 0 radical (unpaired) electrons. The van der Waals surface area contributed by atoms with Crippen molar-refractivity contribution in [1.29, 1.82) is 5.26 Å². The number of hydrogen-bond donors (Lipinski definition) is 2. The highest BCUT2D eigenvalue weighted by Gasteiger charge is 2.30. The lowest BCUT2D eigenvalue weighted by atomic mass is 9.99. The van der Waals surface area contributed by atoms with Crippen LogP contribution in [0.1, 0.15) is 27.9 Å². The Hall–Kier alpha value is -4.49. The third-order valence-corrected chi connectivity index (χ3v) is 6.72. The van der Waals surface area contributed by atoms with Crippen molar-refractivity contribution in [3.05, 3.63) is 87.2 Å². The van der Waals surface area contributed by atoms with E-state index in [1.165, 1.54) is 6.20 Å². The Labute approximate surface area is 222 Å². The molecule has 0 saturated heterocycles. The number of nitriles is 1. The summed E-state index contributed by atoms with van der Waals surface area (Å²) in [6, 6.07) is 10.4. The molecule has 2 amide bonds. The van der Waals surface area contributed by atoms with Crippen molar-refractivity contribution in [1.82, 2.24) is 14.8 Å². The Morgan fingerprint density at radius 1 is 1.18 bits per heavy atom. The molecule has 11 heteroatoms. The van der Waals surface area contributed by atoms with Gasteiger partial charge >= 0.3 is 6.03 Å². The van der Waals surface area contributed by atoms with Crippen LogP contribution in [0.5, 0.6) is 0 Å². The molecule has 2 aromatic heterocycles. The Morgan fingerprint density at radius 2 is 1.92 bits per heavy atom. The van der Waals surface area contributed by atoms with Gasteiger partial charge < -0.3 is 16.0 Å². The molecule has 0 saturated carbocycles. The third kappa shape index (κ3) is 4.41. The van der Waals surface area contributed by atoms with Crippen molar-refractivity contribution in [3.8, 4) is 23.0 Å². The minimum Gasteiger partial charge on any atom is -0.351 e. The minimum absolute atomic E-state index is 0.0275. The van der Waals surface area contributed by atoms with Gasteiger partial charge in [0.05, 0.1) is 33.3 Å². The molecule has 4 aromatic rings. The van der Waals surface area contributed by atoms with E-state index in [1.54, 1.807) is 10.7 Å². The number of nitrogens with zero attached hydrogens (tertiary/aromatic N) is 5. The van der Waals surface area contributed by atoms with Gasteiger partial charge in [0.2, 0.25) is 0 Å². The number of primary amides is 1. The number of pyridine rings is 1. The molecule has 5 rings (SSSR count). The summed E-state index contributed by atoms with van der Waals surface area (Å²) in [4.78, 5) is 17.5. The van der Waals surface area contributed by atoms with Crippen molar-refractivity contribution in [2.75, 3.05) is 16.8 Å². The summed E-state index contributed by atoms with van der Waals surface area (Å²) in [6.45, 7) is 4.61. The second-order valence-electron chi connectivity index (χ2n) is 9.04. The highest BCUT2D eigenvalue weighted by Crippen LogP contribution is 2.38. The van der Waals surface area contributed by atoms with Crippen LogP contribution in [0.3, 0.4) is 0 Å². The van der Waals surface area contributed by atoms with Crippen LogP contribution < -0.4 is 16.0 Å². The van der Waals surface area contributed by atoms with Gasteiger partial charge in [-0.15, -0.1) is 0 Å². The smallest absolute Gasteiger partial charge is 0.316 e. The van der Waals surface area contributed by atoms with Crippen molar-refractivity contribution >= 4 is 29.1 Å². The van der Waals surface area contributed by atoms with Crippen molar-refractivity contribution in [2.24, 2.45) is 5.73 Å². The van der Waals surface area contributed by atoms with E-state index in [0.29, 0.717) is 40.6 Å². The molecule has 0 aliphatic carbocycles. The van der Waals surface area contributed by atoms with Gasteiger partial charge in [0.1, 0.15) is 23.5 Å². The molecule has 0 spiro atoms. The van der Waals surface area contributed by atoms with Crippen LogP contribution in [-0.4, -0.2) is 27.3 Å². The molecule has 1 aliphatic rings. The molecule has 38 heavy (non-hydrogen) atoms. The van der Waals surface area contributed by atoms with Crippen LogP contribution in [-0.2, 0) is 13.0 Å². The van der Waals surface area contributed by atoms with Crippen molar-refractivity contribution in [3.63, 3.8) is 0 Å². The highest BCUT2D eigenvalue weighted by atomic mass is 35.5. The standard InChI is InChI=1S/C27H22ClF2N7O/c1-14-4-3-5-15(2)24(14)37-25(18-9-21(30)23(10-20(18)29)34-27(32)38)19-13-36(7-6-22(19)35-37)26-16(11-31)8-17(28)12-33-26/h3-5,8-10,12H,6-7,13H2,1-2H3,(H3,32,34,38). The number of amides is 2. The van der Waals surface area contributed by atoms with Crippen LogP contribution in [0.2, 0.25) is 5.02 Å². The van der Waals surface area contributed by atoms with E-state index in [9.17, 15) is 10.1 Å². The highest BCUT2D eigenvalue weighted by molar-refractivity contribution is 6.30. The predicted octanol–water partition coefficient (Wildman–Crippen LogP) is 5.41. The van der Waals surface area contributed by atoms with Gasteiger partial charge in [-0.1, -0.05) is 29.8 Å². The molecule has 192 valence electrons. The fraction of sp³-hybridized carbons (Fsp3) is 0.185. The number of carbonyl (C=O) groups is 1. The predicted molar refractivity (Wildman–Crippen MR) is 140 cm³/mol. The first-order valence-electron chi connectivity index (χ1n) is 11.7. The summed E-state index contributed by atoms with van der Waals surface area (Å²) in [7, 11) is 0. The number of benzene rings is 2. The molecule has 2 aromatic carbocycles. The number of aryl methyl sites for hydroxylation is 2. The fourth-order valence-electron chi connectivity index (χ4n) is 4.86. The Kier molecular flexibility index (Phi) is 6.46. The first-order chi connectivity index (χ1) is 18.2. The Morgan fingerprint density at radius 3 is 2.61 bits per heavy atom. The first kappa shape index (κ1) is 25.2. The second kappa shape index (κ2) is 9.76. The third-order valence-electron chi connectivity index (χ3n) is 6.51. The van der Waals surface area contributed by atoms with Crippen LogP contribution >= 0.6 is 11.6 Å².